The number of pyridine rings is 2. The maximum Gasteiger partial charge on any atom is 0.490 e. The molecule has 4 atom stereocenters. The van der Waals surface area contributed by atoms with Crippen LogP contribution < -0.4 is 16.1 Å². The van der Waals surface area contributed by atoms with Gasteiger partial charge in [0.2, 0.25) is 5.91 Å². The number of halogens is 1. The second-order valence-electron chi connectivity index (χ2n) is 22.2. The van der Waals surface area contributed by atoms with Crippen molar-refractivity contribution in [2.45, 2.75) is 130 Å². The number of rotatable bonds is 19. The fraction of sp³-hybridized carbons (Fsp3) is 0.435. The van der Waals surface area contributed by atoms with E-state index >= 15 is 0 Å². The lowest BCUT2D eigenvalue weighted by Gasteiger charge is -2.39. The van der Waals surface area contributed by atoms with E-state index in [2.05, 4.69) is 80.7 Å². The van der Waals surface area contributed by atoms with Gasteiger partial charge in [0.1, 0.15) is 26.4 Å². The van der Waals surface area contributed by atoms with Crippen molar-refractivity contribution in [3.05, 3.63) is 116 Å². The topological polar surface area (TPSA) is 198 Å². The molecule has 2 amide bonds. The summed E-state index contributed by atoms with van der Waals surface area (Å²) in [6.07, 6.45) is 13.8. The molecular weight excluding hydrogens is 1190 g/mol. The molecule has 440 valence electrons. The molecule has 0 saturated heterocycles. The lowest BCUT2D eigenvalue weighted by atomic mass is 9.81. The number of fused-ring (bicyclic) bond motifs is 4. The van der Waals surface area contributed by atoms with Crippen molar-refractivity contribution in [1.29, 1.82) is 0 Å². The summed E-state index contributed by atoms with van der Waals surface area (Å²) in [6.45, 7) is 17.0. The molecule has 15 nitrogen and oxygen atoms in total. The molecule has 4 unspecified atom stereocenters. The van der Waals surface area contributed by atoms with Crippen molar-refractivity contribution in [1.82, 2.24) is 30.2 Å². The third-order valence-corrected chi connectivity index (χ3v) is 19.7. The number of thiazole rings is 2. The molecule has 21 heteroatoms. The Hall–Kier alpha value is -5.33. The minimum atomic E-state index is -1.40. The molecule has 0 saturated carbocycles. The average Bonchev–Trinajstić information content (AvgIpc) is 2.97. The van der Waals surface area contributed by atoms with Gasteiger partial charge in [-0.1, -0.05) is 54.4 Å². The number of carbonyl (C=O) groups is 3. The first-order valence-corrected chi connectivity index (χ1v) is 32.3. The number of nitrogens with one attached hydrogen (secondary N) is 2. The zero-order chi connectivity index (χ0) is 59.4. The van der Waals surface area contributed by atoms with E-state index in [1.807, 2.05) is 75.3 Å². The Kier molecular flexibility index (Phi) is 22.8. The highest BCUT2D eigenvalue weighted by Crippen LogP contribution is 2.51. The van der Waals surface area contributed by atoms with Crippen molar-refractivity contribution in [3.63, 3.8) is 0 Å². The second kappa shape index (κ2) is 29.7. The number of benzene rings is 2. The van der Waals surface area contributed by atoms with Crippen LogP contribution in [0.2, 0.25) is 0 Å². The van der Waals surface area contributed by atoms with Crippen LogP contribution in [0.1, 0.15) is 125 Å². The number of amides is 2. The highest BCUT2D eigenvalue weighted by Gasteiger charge is 2.40. The van der Waals surface area contributed by atoms with Gasteiger partial charge in [0.25, 0.3) is 0 Å². The van der Waals surface area contributed by atoms with Gasteiger partial charge in [0.15, 0.2) is 0 Å². The maximum absolute atomic E-state index is 13.1. The molecule has 0 spiro atoms. The van der Waals surface area contributed by atoms with Gasteiger partial charge in [-0.25, -0.2) is 14.8 Å². The lowest BCUT2D eigenvalue weighted by Crippen LogP contribution is -2.46. The van der Waals surface area contributed by atoms with Gasteiger partial charge in [-0.05, 0) is 138 Å². The molecule has 7 heterocycles. The lowest BCUT2D eigenvalue weighted by molar-refractivity contribution is -0.118. The third kappa shape index (κ3) is 16.8. The van der Waals surface area contributed by atoms with Crippen LogP contribution in [-0.4, -0.2) is 112 Å². The molecule has 8 aromatic rings. The number of ketones is 1. The molecule has 83 heavy (non-hydrogen) atoms. The second-order valence-corrected chi connectivity index (χ2v) is 27.4. The first kappa shape index (κ1) is 63.7. The van der Waals surface area contributed by atoms with E-state index in [1.165, 1.54) is 49.5 Å². The number of thiophene rings is 2. The zero-order valence-corrected chi connectivity index (χ0v) is 53.6. The summed E-state index contributed by atoms with van der Waals surface area (Å²) in [5, 5.41) is 26.2. The predicted molar refractivity (Wildman–Crippen MR) is 343 cm³/mol. The normalized spacial score (nSPS) is 16.6. The number of carbonyl (C=O) groups excluding carboxylic acids is 3. The van der Waals surface area contributed by atoms with Crippen molar-refractivity contribution in [2.24, 2.45) is 5.92 Å². The number of nitrogens with zero attached hydrogens (tertiary/aromatic N) is 5. The van der Waals surface area contributed by atoms with Gasteiger partial charge < -0.3 is 34.9 Å². The Bertz CT molecular complexity index is 3460. The standard InChI is InChI=1S/C30H34N2O2S2.C27H35BrN4O4S2.C5H6BNO2/c1-19-14-20(2)29-24(15-19)28(27(35-29)17-23(33)9-5-4-6-13-34-3)30-32-25-16-21(10-11-26(25)36-30)22-8-7-12-31-18-22;1-15-13-18-22(24-30-19-14-17(28)7-8-20(19)37-24)25(31-21(33)9-10-29-11-12-35-6)38-23(18)16(2)32(15)26(34)36-27(3,4)5;8-6(9)5-2-1-3-7-4-5/h7-8,10-12,16,18-20H,4-6,9,13-15,17H2,1-3H3;7-8,14-16,29H,9-13H2,1-6H3,(H,31,33);1-4,8-9H. The van der Waals surface area contributed by atoms with Crippen LogP contribution >= 0.6 is 61.3 Å². The fourth-order valence-corrected chi connectivity index (χ4v) is 15.8. The van der Waals surface area contributed by atoms with Crippen molar-refractivity contribution in [3.8, 4) is 32.3 Å². The summed E-state index contributed by atoms with van der Waals surface area (Å²) in [7, 11) is 1.98. The molecule has 1 aliphatic heterocycles. The predicted octanol–water partition coefficient (Wildman–Crippen LogP) is 13.4. The highest BCUT2D eigenvalue weighted by atomic mass is 79.9. The van der Waals surface area contributed by atoms with Crippen LogP contribution in [0.4, 0.5) is 9.80 Å². The molecular formula is C62H75BBrN7O8S4. The van der Waals surface area contributed by atoms with E-state index in [4.69, 9.17) is 34.2 Å². The summed E-state index contributed by atoms with van der Waals surface area (Å²) in [4.78, 5) is 62.7. The van der Waals surface area contributed by atoms with E-state index < -0.39 is 12.7 Å². The number of hydrogen-bond acceptors (Lipinski definition) is 17. The Morgan fingerprint density at radius 3 is 2.11 bits per heavy atom. The van der Waals surface area contributed by atoms with E-state index in [1.54, 1.807) is 61.4 Å². The van der Waals surface area contributed by atoms with Gasteiger partial charge in [-0.3, -0.25) is 24.5 Å². The quantitative estimate of drug-likeness (QED) is 0.0441. The zero-order valence-electron chi connectivity index (χ0n) is 48.8. The summed E-state index contributed by atoms with van der Waals surface area (Å²) in [5.74, 6) is 1.46. The molecule has 0 fully saturated rings. The number of ether oxygens (including phenoxy) is 3. The van der Waals surface area contributed by atoms with Gasteiger partial charge in [-0.2, -0.15) is 0 Å². The van der Waals surface area contributed by atoms with Crippen LogP contribution in [0, 0.1) is 5.92 Å². The van der Waals surface area contributed by atoms with Crippen molar-refractivity contribution < 1.29 is 38.6 Å². The van der Waals surface area contributed by atoms with Gasteiger partial charge in [-0.15, -0.1) is 45.3 Å². The maximum atomic E-state index is 13.1. The molecule has 4 N–H and O–H groups in total. The Morgan fingerprint density at radius 2 is 1.45 bits per heavy atom. The summed E-state index contributed by atoms with van der Waals surface area (Å²) < 4.78 is 19.2. The number of hydrogen-bond donors (Lipinski definition) is 4. The summed E-state index contributed by atoms with van der Waals surface area (Å²) in [6, 6.07) is 19.6. The third-order valence-electron chi connectivity index (χ3n) is 14.3. The first-order chi connectivity index (χ1) is 39.8. The summed E-state index contributed by atoms with van der Waals surface area (Å²) in [5.41, 5.74) is 8.79. The molecule has 1 aliphatic carbocycles. The number of unbranched alkanes of at least 4 members (excludes halogenated alkanes) is 2. The number of Topliss-reactive ketones (excluding diaryl/α,β-unsaturated/α-hetero) is 1. The smallest absolute Gasteiger partial charge is 0.444 e. The largest absolute Gasteiger partial charge is 0.490 e. The van der Waals surface area contributed by atoms with Crippen LogP contribution in [0.5, 0.6) is 0 Å². The minimum absolute atomic E-state index is 0.0664. The average molecular weight is 1270 g/mol. The van der Waals surface area contributed by atoms with E-state index in [-0.39, 0.29) is 24.1 Å². The number of aromatic nitrogens is 4. The molecule has 6 aromatic heterocycles. The Balaban J connectivity index is 0.000000188. The monoisotopic (exact) mass is 1260 g/mol. The van der Waals surface area contributed by atoms with Crippen molar-refractivity contribution in [2.75, 3.05) is 45.8 Å². The molecule has 0 radical (unpaired) electrons. The molecule has 2 aromatic carbocycles. The van der Waals surface area contributed by atoms with Crippen LogP contribution in [-0.2, 0) is 43.1 Å². The van der Waals surface area contributed by atoms with Crippen LogP contribution in [0.3, 0.4) is 0 Å². The minimum Gasteiger partial charge on any atom is -0.444 e. The molecule has 10 rings (SSSR count). The first-order valence-electron chi connectivity index (χ1n) is 28.3. The Labute approximate surface area is 512 Å². The van der Waals surface area contributed by atoms with E-state index in [9.17, 15) is 14.4 Å². The summed E-state index contributed by atoms with van der Waals surface area (Å²) >= 11 is 10.3. The van der Waals surface area contributed by atoms with E-state index in [0.717, 1.165) is 94.6 Å². The molecule has 2 aliphatic rings. The fourth-order valence-electron chi connectivity index (χ4n) is 10.5. The van der Waals surface area contributed by atoms with E-state index in [0.29, 0.717) is 68.5 Å². The van der Waals surface area contributed by atoms with Gasteiger partial charge in [0, 0.05) is 125 Å². The molecule has 0 bridgehead atoms. The highest BCUT2D eigenvalue weighted by molar-refractivity contribution is 9.10. The number of anilines is 1. The van der Waals surface area contributed by atoms with Crippen LogP contribution in [0.25, 0.3) is 52.7 Å². The SMILES string of the molecule is COCCCCCC(=O)Cc1sc2c(c1-c1nc3cc(-c4cccnc4)ccc3s1)CC(C)CC2C.COCCNCCC(=O)Nc1sc2c(c1-c1nc3cc(Br)ccc3s1)CC(C)N(C(=O)OC(C)(C)C)C2C.OB(O)c1cccnc1. The van der Waals surface area contributed by atoms with Crippen LogP contribution in [0.15, 0.2) is 89.9 Å². The number of methoxy groups -OCH3 is 2. The Morgan fingerprint density at radius 1 is 0.759 bits per heavy atom. The van der Waals surface area contributed by atoms with Crippen molar-refractivity contribution >= 4 is 117 Å². The van der Waals surface area contributed by atoms with Gasteiger partial charge in [0.05, 0.1) is 33.1 Å². The van der Waals surface area contributed by atoms with Gasteiger partial charge >= 0.3 is 13.2 Å².